The van der Waals surface area contributed by atoms with Crippen LogP contribution in [-0.2, 0) is 0 Å². The molecule has 0 atom stereocenters. The molecule has 2 rings (SSSR count). The summed E-state index contributed by atoms with van der Waals surface area (Å²) in [7, 11) is 4.05. The zero-order chi connectivity index (χ0) is 15.4. The van der Waals surface area contributed by atoms with Gasteiger partial charge in [0, 0.05) is 37.2 Å². The first kappa shape index (κ1) is 15.0. The van der Waals surface area contributed by atoms with E-state index in [1.54, 1.807) is 0 Å². The van der Waals surface area contributed by atoms with E-state index in [4.69, 9.17) is 10.5 Å². The van der Waals surface area contributed by atoms with Crippen LogP contribution in [0.2, 0.25) is 0 Å². The summed E-state index contributed by atoms with van der Waals surface area (Å²) in [5.41, 5.74) is 9.72. The Morgan fingerprint density at radius 2 is 1.76 bits per heavy atom. The molecule has 4 nitrogen and oxygen atoms in total. The molecule has 0 saturated carbocycles. The fourth-order valence-electron chi connectivity index (χ4n) is 2.00. The van der Waals surface area contributed by atoms with Gasteiger partial charge >= 0.3 is 0 Å². The lowest BCUT2D eigenvalue weighted by molar-refractivity contribution is 0.244. The van der Waals surface area contributed by atoms with Crippen molar-refractivity contribution in [3.05, 3.63) is 42.5 Å². The fraction of sp³-hybridized carbons (Fsp3) is 0.294. The number of hydrogen-bond donors (Lipinski definition) is 2. The van der Waals surface area contributed by atoms with Gasteiger partial charge in [-0.2, -0.15) is 0 Å². The second-order valence-electron chi connectivity index (χ2n) is 5.49. The third-order valence-electron chi connectivity index (χ3n) is 3.03. The van der Waals surface area contributed by atoms with Crippen molar-refractivity contribution in [1.82, 2.24) is 0 Å². The average molecular weight is 285 g/mol. The molecular weight excluding hydrogens is 262 g/mol. The highest BCUT2D eigenvalue weighted by Gasteiger charge is 2.05. The topological polar surface area (TPSA) is 50.5 Å². The number of anilines is 4. The van der Waals surface area contributed by atoms with Gasteiger partial charge in [-0.25, -0.2) is 0 Å². The molecule has 21 heavy (non-hydrogen) atoms. The first-order valence-electron chi connectivity index (χ1n) is 7.06. The van der Waals surface area contributed by atoms with E-state index in [0.29, 0.717) is 11.4 Å². The van der Waals surface area contributed by atoms with Crippen LogP contribution in [0.3, 0.4) is 0 Å². The maximum atomic E-state index is 5.94. The zero-order valence-corrected chi connectivity index (χ0v) is 13.1. The van der Waals surface area contributed by atoms with E-state index in [1.165, 1.54) is 0 Å². The monoisotopic (exact) mass is 285 g/mol. The maximum absolute atomic E-state index is 5.94. The smallest absolute Gasteiger partial charge is 0.144 e. The Hall–Kier alpha value is -2.36. The molecule has 0 heterocycles. The lowest BCUT2D eigenvalue weighted by atomic mass is 10.2. The summed E-state index contributed by atoms with van der Waals surface area (Å²) < 4.78 is 5.71. The van der Waals surface area contributed by atoms with Crippen LogP contribution in [0.4, 0.5) is 22.7 Å². The number of rotatable bonds is 5. The van der Waals surface area contributed by atoms with Crippen LogP contribution in [0.25, 0.3) is 0 Å². The average Bonchev–Trinajstić information content (AvgIpc) is 2.42. The molecule has 0 radical (unpaired) electrons. The molecule has 0 unspecified atom stereocenters. The third-order valence-corrected chi connectivity index (χ3v) is 3.03. The minimum absolute atomic E-state index is 0.0969. The van der Waals surface area contributed by atoms with Crippen molar-refractivity contribution >= 4 is 22.7 Å². The van der Waals surface area contributed by atoms with Crippen molar-refractivity contribution in [2.24, 2.45) is 0 Å². The van der Waals surface area contributed by atoms with Crippen LogP contribution in [-0.4, -0.2) is 20.2 Å². The molecule has 112 valence electrons. The Labute approximate surface area is 126 Å². The molecule has 0 saturated heterocycles. The molecular formula is C17H23N3O. The van der Waals surface area contributed by atoms with Gasteiger partial charge in [0.25, 0.3) is 0 Å². The molecule has 2 aromatic carbocycles. The molecule has 0 bridgehead atoms. The van der Waals surface area contributed by atoms with Crippen LogP contribution < -0.4 is 20.7 Å². The molecule has 4 heteroatoms. The minimum atomic E-state index is 0.0969. The Morgan fingerprint density at radius 1 is 1.05 bits per heavy atom. The SMILES string of the molecule is CC(C)Oc1cc(Nc2cccc(N(C)C)c2)ccc1N. The molecule has 0 aliphatic rings. The van der Waals surface area contributed by atoms with Gasteiger partial charge in [0.05, 0.1) is 11.8 Å². The highest BCUT2D eigenvalue weighted by atomic mass is 16.5. The van der Waals surface area contributed by atoms with Crippen molar-refractivity contribution in [3.8, 4) is 5.75 Å². The number of hydrogen-bond acceptors (Lipinski definition) is 4. The van der Waals surface area contributed by atoms with Gasteiger partial charge in [-0.3, -0.25) is 0 Å². The highest BCUT2D eigenvalue weighted by Crippen LogP contribution is 2.29. The molecule has 3 N–H and O–H groups in total. The van der Waals surface area contributed by atoms with Crippen molar-refractivity contribution in [1.29, 1.82) is 0 Å². The zero-order valence-electron chi connectivity index (χ0n) is 13.1. The molecule has 2 aromatic rings. The van der Waals surface area contributed by atoms with Gasteiger partial charge in [-0.1, -0.05) is 6.07 Å². The predicted octanol–water partition coefficient (Wildman–Crippen LogP) is 3.87. The van der Waals surface area contributed by atoms with Crippen LogP contribution in [0, 0.1) is 0 Å². The van der Waals surface area contributed by atoms with Gasteiger partial charge in [-0.05, 0) is 44.2 Å². The molecule has 0 amide bonds. The summed E-state index contributed by atoms with van der Waals surface area (Å²) in [5, 5.41) is 3.38. The van der Waals surface area contributed by atoms with E-state index < -0.39 is 0 Å². The fourth-order valence-corrected chi connectivity index (χ4v) is 2.00. The predicted molar refractivity (Wildman–Crippen MR) is 90.7 cm³/mol. The molecule has 0 aliphatic heterocycles. The lowest BCUT2D eigenvalue weighted by Gasteiger charge is -2.16. The van der Waals surface area contributed by atoms with Crippen molar-refractivity contribution in [3.63, 3.8) is 0 Å². The molecule has 0 aliphatic carbocycles. The highest BCUT2D eigenvalue weighted by molar-refractivity contribution is 5.69. The number of nitrogens with one attached hydrogen (secondary N) is 1. The van der Waals surface area contributed by atoms with E-state index >= 15 is 0 Å². The second kappa shape index (κ2) is 6.39. The van der Waals surface area contributed by atoms with E-state index in [2.05, 4.69) is 22.3 Å². The van der Waals surface area contributed by atoms with Crippen molar-refractivity contribution < 1.29 is 4.74 Å². The normalized spacial score (nSPS) is 10.5. The van der Waals surface area contributed by atoms with Gasteiger partial charge in [0.1, 0.15) is 5.75 Å². The third kappa shape index (κ3) is 4.05. The first-order chi connectivity index (χ1) is 9.95. The lowest BCUT2D eigenvalue weighted by Crippen LogP contribution is -2.09. The van der Waals surface area contributed by atoms with Crippen LogP contribution in [0.15, 0.2) is 42.5 Å². The summed E-state index contributed by atoms with van der Waals surface area (Å²) in [4.78, 5) is 2.07. The van der Waals surface area contributed by atoms with E-state index in [0.717, 1.165) is 17.1 Å². The summed E-state index contributed by atoms with van der Waals surface area (Å²) in [6.07, 6.45) is 0.0969. The van der Waals surface area contributed by atoms with Crippen molar-refractivity contribution in [2.75, 3.05) is 30.0 Å². The molecule has 0 aromatic heterocycles. The summed E-state index contributed by atoms with van der Waals surface area (Å²) in [5.74, 6) is 0.707. The Balaban J connectivity index is 2.21. The van der Waals surface area contributed by atoms with E-state index in [-0.39, 0.29) is 6.10 Å². The number of nitrogens with zero attached hydrogens (tertiary/aromatic N) is 1. The van der Waals surface area contributed by atoms with Crippen LogP contribution in [0.5, 0.6) is 5.75 Å². The maximum Gasteiger partial charge on any atom is 0.144 e. The summed E-state index contributed by atoms with van der Waals surface area (Å²) >= 11 is 0. The number of nitrogens with two attached hydrogens (primary N) is 1. The second-order valence-corrected chi connectivity index (χ2v) is 5.49. The Kier molecular flexibility index (Phi) is 4.58. The van der Waals surface area contributed by atoms with Crippen molar-refractivity contribution in [2.45, 2.75) is 20.0 Å². The van der Waals surface area contributed by atoms with Gasteiger partial charge < -0.3 is 20.7 Å². The molecule has 0 fully saturated rings. The number of benzene rings is 2. The quantitative estimate of drug-likeness (QED) is 0.819. The first-order valence-corrected chi connectivity index (χ1v) is 7.06. The standard InChI is InChI=1S/C17H23N3O/c1-12(2)21-17-11-14(8-9-16(17)18)19-13-6-5-7-15(10-13)20(3)4/h5-12,19H,18H2,1-4H3. The van der Waals surface area contributed by atoms with E-state index in [9.17, 15) is 0 Å². The minimum Gasteiger partial charge on any atom is -0.489 e. The molecule has 0 spiro atoms. The van der Waals surface area contributed by atoms with Crippen LogP contribution in [0.1, 0.15) is 13.8 Å². The Bertz CT molecular complexity index is 609. The van der Waals surface area contributed by atoms with Gasteiger partial charge in [0.15, 0.2) is 0 Å². The number of ether oxygens (including phenoxy) is 1. The summed E-state index contributed by atoms with van der Waals surface area (Å²) in [6.45, 7) is 3.97. The van der Waals surface area contributed by atoms with Crippen LogP contribution >= 0.6 is 0 Å². The largest absolute Gasteiger partial charge is 0.489 e. The van der Waals surface area contributed by atoms with Gasteiger partial charge in [0.2, 0.25) is 0 Å². The Morgan fingerprint density at radius 3 is 2.43 bits per heavy atom. The van der Waals surface area contributed by atoms with E-state index in [1.807, 2.05) is 58.3 Å². The number of nitrogen functional groups attached to an aromatic ring is 1. The summed E-state index contributed by atoms with van der Waals surface area (Å²) in [6, 6.07) is 14.0. The van der Waals surface area contributed by atoms with Gasteiger partial charge in [-0.15, -0.1) is 0 Å².